The van der Waals surface area contributed by atoms with Crippen LogP contribution in [0.5, 0.6) is 5.75 Å². The molecule has 0 bridgehead atoms. The molecule has 2 N–H and O–H groups in total. The normalized spacial score (nSPS) is 18.8. The molecular weight excluding hydrogens is 462 g/mol. The first-order valence-electron chi connectivity index (χ1n) is 12.0. The van der Waals surface area contributed by atoms with Crippen LogP contribution in [0.1, 0.15) is 49.0 Å². The molecule has 1 aliphatic carbocycles. The number of carbonyl (C=O) groups excluding carboxylic acids is 2. The summed E-state index contributed by atoms with van der Waals surface area (Å²) in [5.41, 5.74) is 2.19. The second-order valence-electron chi connectivity index (χ2n) is 9.21. The molecule has 11 heteroatoms. The highest BCUT2D eigenvalue weighted by Crippen LogP contribution is 2.33. The fraction of sp³-hybridized carbons (Fsp3) is 0.400. The van der Waals surface area contributed by atoms with Crippen LogP contribution in [-0.4, -0.2) is 72.5 Å². The Morgan fingerprint density at radius 3 is 2.75 bits per heavy atom. The van der Waals surface area contributed by atoms with Gasteiger partial charge < -0.3 is 20.1 Å². The van der Waals surface area contributed by atoms with Crippen molar-refractivity contribution in [2.45, 2.75) is 50.8 Å². The number of benzene rings is 1. The number of aromatic nitrogens is 5. The van der Waals surface area contributed by atoms with Gasteiger partial charge >= 0.3 is 0 Å². The lowest BCUT2D eigenvalue weighted by atomic mass is 9.90. The van der Waals surface area contributed by atoms with Crippen molar-refractivity contribution in [2.75, 3.05) is 19.5 Å². The molecule has 1 aliphatic rings. The molecule has 36 heavy (non-hydrogen) atoms. The van der Waals surface area contributed by atoms with E-state index in [1.807, 2.05) is 10.9 Å². The highest BCUT2D eigenvalue weighted by Gasteiger charge is 2.29. The van der Waals surface area contributed by atoms with Gasteiger partial charge in [-0.3, -0.25) is 14.3 Å². The molecule has 3 aromatic heterocycles. The van der Waals surface area contributed by atoms with E-state index in [4.69, 9.17) is 9.84 Å². The van der Waals surface area contributed by atoms with E-state index in [0.29, 0.717) is 22.6 Å². The van der Waals surface area contributed by atoms with Gasteiger partial charge in [0.15, 0.2) is 5.65 Å². The number of hydrogen-bond acceptors (Lipinski definition) is 7. The summed E-state index contributed by atoms with van der Waals surface area (Å²) in [5, 5.41) is 22.3. The second-order valence-corrected chi connectivity index (χ2v) is 9.21. The molecule has 1 fully saturated rings. The maximum absolute atomic E-state index is 13.2. The zero-order chi connectivity index (χ0) is 25.4. The number of methoxy groups -OCH3 is 1. The maximum Gasteiger partial charge on any atom is 0.259 e. The number of anilines is 1. The van der Waals surface area contributed by atoms with Crippen LogP contribution in [0.2, 0.25) is 0 Å². The third kappa shape index (κ3) is 4.37. The SMILES string of the molecule is COc1cc2nn(C3CCC(N(C)C(=O)[C@@H](C)O)CC3)cc2cc1C(=O)Nc1cnn2cccnc12. The van der Waals surface area contributed by atoms with Crippen molar-refractivity contribution in [1.82, 2.24) is 29.3 Å². The van der Waals surface area contributed by atoms with Crippen molar-refractivity contribution in [3.8, 4) is 5.75 Å². The predicted octanol–water partition coefficient (Wildman–Crippen LogP) is 2.66. The lowest BCUT2D eigenvalue weighted by Crippen LogP contribution is -2.43. The monoisotopic (exact) mass is 491 g/mol. The Labute approximate surface area is 207 Å². The van der Waals surface area contributed by atoms with Gasteiger partial charge in [-0.25, -0.2) is 9.50 Å². The van der Waals surface area contributed by atoms with Gasteiger partial charge in [0.25, 0.3) is 11.8 Å². The molecule has 0 aliphatic heterocycles. The molecule has 0 saturated heterocycles. The summed E-state index contributed by atoms with van der Waals surface area (Å²) < 4.78 is 9.06. The molecule has 11 nitrogen and oxygen atoms in total. The summed E-state index contributed by atoms with van der Waals surface area (Å²) in [6, 6.07) is 5.62. The van der Waals surface area contributed by atoms with Crippen molar-refractivity contribution in [3.63, 3.8) is 0 Å². The summed E-state index contributed by atoms with van der Waals surface area (Å²) in [4.78, 5) is 31.2. The van der Waals surface area contributed by atoms with Crippen molar-refractivity contribution in [2.24, 2.45) is 0 Å². The summed E-state index contributed by atoms with van der Waals surface area (Å²) in [6.07, 6.45) is 9.32. The van der Waals surface area contributed by atoms with Crippen LogP contribution in [0, 0.1) is 0 Å². The Bertz CT molecular complexity index is 1420. The quantitative estimate of drug-likeness (QED) is 0.425. The van der Waals surface area contributed by atoms with Gasteiger partial charge in [0.1, 0.15) is 17.5 Å². The van der Waals surface area contributed by atoms with Gasteiger partial charge in [0.2, 0.25) is 0 Å². The molecule has 0 unspecified atom stereocenters. The number of hydrogen-bond donors (Lipinski definition) is 2. The van der Waals surface area contributed by atoms with Crippen LogP contribution in [0.15, 0.2) is 43.0 Å². The number of aliphatic hydroxyl groups is 1. The number of fused-ring (bicyclic) bond motifs is 2. The van der Waals surface area contributed by atoms with Crippen molar-refractivity contribution in [3.05, 3.63) is 48.5 Å². The van der Waals surface area contributed by atoms with E-state index in [1.54, 1.807) is 53.3 Å². The number of rotatable bonds is 6. The molecule has 3 heterocycles. The Morgan fingerprint density at radius 1 is 1.25 bits per heavy atom. The first-order chi connectivity index (χ1) is 17.4. The first-order valence-corrected chi connectivity index (χ1v) is 12.0. The average molecular weight is 492 g/mol. The third-order valence-corrected chi connectivity index (χ3v) is 6.91. The van der Waals surface area contributed by atoms with Gasteiger partial charge in [-0.1, -0.05) is 0 Å². The van der Waals surface area contributed by atoms with Gasteiger partial charge in [-0.05, 0) is 44.7 Å². The molecule has 2 amide bonds. The summed E-state index contributed by atoms with van der Waals surface area (Å²) >= 11 is 0. The number of carbonyl (C=O) groups is 2. The predicted molar refractivity (Wildman–Crippen MR) is 133 cm³/mol. The van der Waals surface area contributed by atoms with Crippen molar-refractivity contribution < 1.29 is 19.4 Å². The minimum atomic E-state index is -0.991. The topological polar surface area (TPSA) is 127 Å². The highest BCUT2D eigenvalue weighted by atomic mass is 16.5. The Hall–Kier alpha value is -3.99. The summed E-state index contributed by atoms with van der Waals surface area (Å²) in [7, 11) is 3.28. The lowest BCUT2D eigenvalue weighted by molar-refractivity contribution is -0.140. The minimum absolute atomic E-state index is 0.109. The van der Waals surface area contributed by atoms with E-state index < -0.39 is 6.10 Å². The van der Waals surface area contributed by atoms with Gasteiger partial charge in [-0.15, -0.1) is 0 Å². The van der Waals surface area contributed by atoms with Crippen LogP contribution in [-0.2, 0) is 4.79 Å². The maximum atomic E-state index is 13.2. The number of ether oxygens (including phenoxy) is 1. The number of nitrogens with zero attached hydrogens (tertiary/aromatic N) is 6. The van der Waals surface area contributed by atoms with Crippen LogP contribution in [0.25, 0.3) is 16.6 Å². The first kappa shape index (κ1) is 23.7. The van der Waals surface area contributed by atoms with Crippen LogP contribution >= 0.6 is 0 Å². The molecule has 1 atom stereocenters. The Morgan fingerprint density at radius 2 is 2.03 bits per heavy atom. The molecule has 5 rings (SSSR count). The molecule has 1 aromatic carbocycles. The van der Waals surface area contributed by atoms with E-state index in [0.717, 1.165) is 36.6 Å². The Kier molecular flexibility index (Phi) is 6.31. The largest absolute Gasteiger partial charge is 0.496 e. The van der Waals surface area contributed by atoms with Crippen LogP contribution in [0.4, 0.5) is 5.69 Å². The number of aliphatic hydroxyl groups excluding tert-OH is 1. The fourth-order valence-electron chi connectivity index (χ4n) is 4.89. The smallest absolute Gasteiger partial charge is 0.259 e. The molecule has 1 saturated carbocycles. The fourth-order valence-corrected chi connectivity index (χ4v) is 4.89. The molecule has 0 spiro atoms. The van der Waals surface area contributed by atoms with E-state index in [9.17, 15) is 14.7 Å². The molecule has 0 radical (unpaired) electrons. The van der Waals surface area contributed by atoms with E-state index >= 15 is 0 Å². The van der Waals surface area contributed by atoms with Gasteiger partial charge in [0.05, 0.1) is 30.4 Å². The third-order valence-electron chi connectivity index (χ3n) is 6.91. The number of nitrogens with one attached hydrogen (secondary N) is 1. The Balaban J connectivity index is 1.34. The lowest BCUT2D eigenvalue weighted by Gasteiger charge is -2.35. The van der Waals surface area contributed by atoms with E-state index in [-0.39, 0.29) is 23.9 Å². The van der Waals surface area contributed by atoms with Gasteiger partial charge in [-0.2, -0.15) is 10.2 Å². The minimum Gasteiger partial charge on any atom is -0.496 e. The zero-order valence-corrected chi connectivity index (χ0v) is 20.5. The van der Waals surface area contributed by atoms with Crippen LogP contribution < -0.4 is 10.1 Å². The van der Waals surface area contributed by atoms with E-state index in [2.05, 4.69) is 15.4 Å². The molecule has 4 aromatic rings. The van der Waals surface area contributed by atoms with Crippen molar-refractivity contribution in [1.29, 1.82) is 0 Å². The highest BCUT2D eigenvalue weighted by molar-refractivity contribution is 6.09. The molecule has 188 valence electrons. The second kappa shape index (κ2) is 9.57. The van der Waals surface area contributed by atoms with Crippen LogP contribution in [0.3, 0.4) is 0 Å². The summed E-state index contributed by atoms with van der Waals surface area (Å²) in [6.45, 7) is 1.50. The average Bonchev–Trinajstić information content (AvgIpc) is 3.50. The zero-order valence-electron chi connectivity index (χ0n) is 20.5. The van der Waals surface area contributed by atoms with Crippen molar-refractivity contribution >= 4 is 34.1 Å². The molecular formula is C25H29N7O4. The number of amides is 2. The number of likely N-dealkylation sites (N-methyl/N-ethyl adjacent to an activating group) is 1. The summed E-state index contributed by atoms with van der Waals surface area (Å²) in [5.74, 6) is -0.147. The standard InChI is InChI=1S/C25H29N7O4/c1-15(33)25(35)30(2)17-5-7-18(8-6-17)32-14-16-11-19(22(36-3)12-20(16)29-32)24(34)28-21-13-27-31-10-4-9-26-23(21)31/h4,9-15,17-18,33H,5-8H2,1-3H3,(H,28,34)/t15-,17?,18?/m1/s1. The van der Waals surface area contributed by atoms with Gasteiger partial charge in [0, 0.05) is 43.1 Å². The van der Waals surface area contributed by atoms with E-state index in [1.165, 1.54) is 14.0 Å².